The van der Waals surface area contributed by atoms with Crippen molar-refractivity contribution in [3.8, 4) is 5.75 Å². The van der Waals surface area contributed by atoms with Gasteiger partial charge in [-0.25, -0.2) is 0 Å². The number of carbonyl (C=O) groups is 2. The first-order valence-corrected chi connectivity index (χ1v) is 12.8. The molecule has 188 valence electrons. The highest BCUT2D eigenvalue weighted by Crippen LogP contribution is 2.15. The van der Waals surface area contributed by atoms with Gasteiger partial charge in [0.05, 0.1) is 13.7 Å². The molecule has 0 aromatic heterocycles. The van der Waals surface area contributed by atoms with Crippen LogP contribution in [0.15, 0.2) is 54.6 Å². The molecule has 35 heavy (non-hydrogen) atoms. The van der Waals surface area contributed by atoms with Gasteiger partial charge in [-0.1, -0.05) is 42.5 Å². The number of piperazine rings is 2. The van der Waals surface area contributed by atoms with Gasteiger partial charge in [0.25, 0.3) is 0 Å². The maximum atomic E-state index is 12.9. The van der Waals surface area contributed by atoms with E-state index >= 15 is 0 Å². The van der Waals surface area contributed by atoms with Crippen LogP contribution in [0.5, 0.6) is 5.75 Å². The first-order valence-electron chi connectivity index (χ1n) is 12.8. The molecule has 2 aromatic carbocycles. The third kappa shape index (κ3) is 7.54. The van der Waals surface area contributed by atoms with Crippen molar-refractivity contribution < 1.29 is 14.3 Å². The summed E-state index contributed by atoms with van der Waals surface area (Å²) >= 11 is 0. The standard InChI is InChI=1S/C28H38N4O3/c1-35-26-12-10-25(11-13-26)22-29-14-20-32(21-15-29)28(34)23-30-16-18-31(19-17-30)27(33)9-5-8-24-6-3-2-4-7-24/h2-4,6-7,10-13H,5,8-9,14-23H2,1H3. The SMILES string of the molecule is COc1ccc(CN2CCN(C(=O)CN3CCN(C(=O)CCCc4ccccc4)CC3)CC2)cc1. The van der Waals surface area contributed by atoms with Crippen molar-refractivity contribution in [1.82, 2.24) is 19.6 Å². The van der Waals surface area contributed by atoms with E-state index in [-0.39, 0.29) is 11.8 Å². The van der Waals surface area contributed by atoms with Gasteiger partial charge in [-0.05, 0) is 36.1 Å². The van der Waals surface area contributed by atoms with Gasteiger partial charge >= 0.3 is 0 Å². The van der Waals surface area contributed by atoms with Crippen LogP contribution in [0.3, 0.4) is 0 Å². The van der Waals surface area contributed by atoms with E-state index in [2.05, 4.69) is 34.1 Å². The van der Waals surface area contributed by atoms with Gasteiger partial charge in [0.1, 0.15) is 5.75 Å². The Morgan fingerprint density at radius 3 is 1.94 bits per heavy atom. The Labute approximate surface area is 209 Å². The quantitative estimate of drug-likeness (QED) is 0.554. The molecule has 2 fully saturated rings. The molecule has 2 aliphatic heterocycles. The van der Waals surface area contributed by atoms with Crippen LogP contribution in [0.1, 0.15) is 24.0 Å². The van der Waals surface area contributed by atoms with E-state index in [9.17, 15) is 9.59 Å². The highest BCUT2D eigenvalue weighted by Gasteiger charge is 2.26. The summed E-state index contributed by atoms with van der Waals surface area (Å²) in [6.07, 6.45) is 2.41. The Kier molecular flexibility index (Phi) is 9.15. The van der Waals surface area contributed by atoms with E-state index < -0.39 is 0 Å². The molecule has 0 radical (unpaired) electrons. The normalized spacial score (nSPS) is 17.4. The van der Waals surface area contributed by atoms with Crippen molar-refractivity contribution in [2.45, 2.75) is 25.8 Å². The van der Waals surface area contributed by atoms with Crippen molar-refractivity contribution in [2.75, 3.05) is 66.0 Å². The molecule has 0 atom stereocenters. The van der Waals surface area contributed by atoms with E-state index in [1.807, 2.05) is 40.1 Å². The Hall–Kier alpha value is -2.90. The monoisotopic (exact) mass is 478 g/mol. The molecular formula is C28H38N4O3. The number of amides is 2. The molecule has 7 nitrogen and oxygen atoms in total. The Morgan fingerprint density at radius 2 is 1.31 bits per heavy atom. The number of aryl methyl sites for hydroxylation is 1. The van der Waals surface area contributed by atoms with Gasteiger partial charge in [-0.3, -0.25) is 19.4 Å². The minimum atomic E-state index is 0.205. The number of carbonyl (C=O) groups excluding carboxylic acids is 2. The molecule has 0 aliphatic carbocycles. The van der Waals surface area contributed by atoms with E-state index in [0.717, 1.165) is 64.4 Å². The zero-order valence-corrected chi connectivity index (χ0v) is 20.9. The topological polar surface area (TPSA) is 56.3 Å². The summed E-state index contributed by atoms with van der Waals surface area (Å²) in [5.74, 6) is 1.31. The van der Waals surface area contributed by atoms with Crippen LogP contribution in [-0.2, 0) is 22.6 Å². The summed E-state index contributed by atoms with van der Waals surface area (Å²) in [7, 11) is 1.68. The lowest BCUT2D eigenvalue weighted by Gasteiger charge is -2.38. The minimum Gasteiger partial charge on any atom is -0.497 e. The number of benzene rings is 2. The summed E-state index contributed by atoms with van der Waals surface area (Å²) < 4.78 is 5.23. The molecule has 0 unspecified atom stereocenters. The molecule has 7 heteroatoms. The van der Waals surface area contributed by atoms with Crippen LogP contribution in [0.25, 0.3) is 0 Å². The van der Waals surface area contributed by atoms with E-state index in [0.29, 0.717) is 26.1 Å². The highest BCUT2D eigenvalue weighted by atomic mass is 16.5. The zero-order chi connectivity index (χ0) is 24.5. The highest BCUT2D eigenvalue weighted by molar-refractivity contribution is 5.78. The van der Waals surface area contributed by atoms with E-state index in [1.165, 1.54) is 11.1 Å². The molecule has 2 aliphatic rings. The fourth-order valence-electron chi connectivity index (χ4n) is 4.84. The zero-order valence-electron chi connectivity index (χ0n) is 20.9. The minimum absolute atomic E-state index is 0.205. The van der Waals surface area contributed by atoms with Crippen molar-refractivity contribution >= 4 is 11.8 Å². The second kappa shape index (κ2) is 12.7. The van der Waals surface area contributed by atoms with Crippen molar-refractivity contribution in [3.63, 3.8) is 0 Å². The fraction of sp³-hybridized carbons (Fsp3) is 0.500. The maximum absolute atomic E-state index is 12.9. The predicted molar refractivity (Wildman–Crippen MR) is 137 cm³/mol. The number of hydrogen-bond donors (Lipinski definition) is 0. The Morgan fingerprint density at radius 1 is 0.714 bits per heavy atom. The second-order valence-corrected chi connectivity index (χ2v) is 9.50. The van der Waals surface area contributed by atoms with Gasteiger partial charge in [0.2, 0.25) is 11.8 Å². The molecule has 0 N–H and O–H groups in total. The Bertz CT molecular complexity index is 934. The predicted octanol–water partition coefficient (Wildman–Crippen LogP) is 2.51. The lowest BCUT2D eigenvalue weighted by molar-refractivity contribution is -0.136. The summed E-state index contributed by atoms with van der Waals surface area (Å²) in [6.45, 7) is 7.65. The van der Waals surface area contributed by atoms with Crippen LogP contribution in [0.2, 0.25) is 0 Å². The lowest BCUT2D eigenvalue weighted by Crippen LogP contribution is -2.54. The first kappa shape index (κ1) is 25.2. The van der Waals surface area contributed by atoms with Crippen LogP contribution < -0.4 is 4.74 Å². The molecule has 2 heterocycles. The van der Waals surface area contributed by atoms with Crippen LogP contribution in [0.4, 0.5) is 0 Å². The number of ether oxygens (including phenoxy) is 1. The molecule has 2 amide bonds. The average Bonchev–Trinajstić information content (AvgIpc) is 2.90. The van der Waals surface area contributed by atoms with Gasteiger partial charge < -0.3 is 14.5 Å². The van der Waals surface area contributed by atoms with Gasteiger partial charge in [-0.15, -0.1) is 0 Å². The summed E-state index contributed by atoms with van der Waals surface area (Å²) in [5, 5.41) is 0. The van der Waals surface area contributed by atoms with Crippen molar-refractivity contribution in [1.29, 1.82) is 0 Å². The lowest BCUT2D eigenvalue weighted by atomic mass is 10.1. The summed E-state index contributed by atoms with van der Waals surface area (Å²) in [4.78, 5) is 34.0. The second-order valence-electron chi connectivity index (χ2n) is 9.50. The number of hydrogen-bond acceptors (Lipinski definition) is 5. The van der Waals surface area contributed by atoms with Gasteiger partial charge in [0, 0.05) is 65.3 Å². The molecule has 0 bridgehead atoms. The van der Waals surface area contributed by atoms with Gasteiger partial charge in [0.15, 0.2) is 0 Å². The van der Waals surface area contributed by atoms with E-state index in [4.69, 9.17) is 4.74 Å². The van der Waals surface area contributed by atoms with Gasteiger partial charge in [-0.2, -0.15) is 0 Å². The maximum Gasteiger partial charge on any atom is 0.236 e. The van der Waals surface area contributed by atoms with E-state index in [1.54, 1.807) is 7.11 Å². The molecule has 2 saturated heterocycles. The number of nitrogens with zero attached hydrogens (tertiary/aromatic N) is 4. The first-order chi connectivity index (χ1) is 17.1. The van der Waals surface area contributed by atoms with Crippen LogP contribution in [0, 0.1) is 0 Å². The summed E-state index contributed by atoms with van der Waals surface area (Å²) in [5.41, 5.74) is 2.54. The molecule has 4 rings (SSSR count). The van der Waals surface area contributed by atoms with Crippen molar-refractivity contribution in [3.05, 3.63) is 65.7 Å². The number of rotatable bonds is 9. The molecule has 0 saturated carbocycles. The third-order valence-electron chi connectivity index (χ3n) is 7.07. The molecular weight excluding hydrogens is 440 g/mol. The average molecular weight is 479 g/mol. The van der Waals surface area contributed by atoms with Crippen molar-refractivity contribution in [2.24, 2.45) is 0 Å². The number of methoxy groups -OCH3 is 1. The molecule has 0 spiro atoms. The molecule has 2 aromatic rings. The van der Waals surface area contributed by atoms with Crippen LogP contribution in [-0.4, -0.2) is 97.4 Å². The largest absolute Gasteiger partial charge is 0.497 e. The third-order valence-corrected chi connectivity index (χ3v) is 7.07. The van der Waals surface area contributed by atoms with Crippen LogP contribution >= 0.6 is 0 Å². The smallest absolute Gasteiger partial charge is 0.236 e. The summed E-state index contributed by atoms with van der Waals surface area (Å²) in [6, 6.07) is 18.5. The Balaban J connectivity index is 1.11. The fourth-order valence-corrected chi connectivity index (χ4v) is 4.84.